The van der Waals surface area contributed by atoms with E-state index in [1.165, 1.54) is 0 Å². The first-order valence-corrected chi connectivity index (χ1v) is 6.37. The summed E-state index contributed by atoms with van der Waals surface area (Å²) in [6.45, 7) is 4.62. The fourth-order valence-corrected chi connectivity index (χ4v) is 2.49. The second kappa shape index (κ2) is 5.40. The summed E-state index contributed by atoms with van der Waals surface area (Å²) in [6, 6.07) is 7.78. The third-order valence-electron chi connectivity index (χ3n) is 3.45. The predicted octanol–water partition coefficient (Wildman–Crippen LogP) is 1.07. The van der Waals surface area contributed by atoms with E-state index in [4.69, 9.17) is 0 Å². The standard InChI is InChI=1S/C14H20N2O2/c1-10-4-3-5-12(8-10)16-11(2)6-7-15-14(18)13(16)9-17/h3-5,8,11,13,17H,6-7,9H2,1-2H3,(H,15,18). The van der Waals surface area contributed by atoms with E-state index in [0.29, 0.717) is 6.54 Å². The molecule has 0 aliphatic carbocycles. The van der Waals surface area contributed by atoms with E-state index >= 15 is 0 Å². The first-order chi connectivity index (χ1) is 8.63. The number of benzene rings is 1. The number of aryl methyl sites for hydroxylation is 1. The largest absolute Gasteiger partial charge is 0.394 e. The predicted molar refractivity (Wildman–Crippen MR) is 71.6 cm³/mol. The van der Waals surface area contributed by atoms with Gasteiger partial charge < -0.3 is 15.3 Å². The molecule has 1 heterocycles. The van der Waals surface area contributed by atoms with Crippen LogP contribution in [0.2, 0.25) is 0 Å². The molecule has 1 fully saturated rings. The smallest absolute Gasteiger partial charge is 0.245 e. The minimum atomic E-state index is -0.496. The van der Waals surface area contributed by atoms with Crippen LogP contribution >= 0.6 is 0 Å². The van der Waals surface area contributed by atoms with Gasteiger partial charge in [-0.15, -0.1) is 0 Å². The topological polar surface area (TPSA) is 52.6 Å². The van der Waals surface area contributed by atoms with Crippen LogP contribution in [0, 0.1) is 6.92 Å². The Bertz CT molecular complexity index is 434. The number of carbonyl (C=O) groups is 1. The Morgan fingerprint density at radius 2 is 2.28 bits per heavy atom. The van der Waals surface area contributed by atoms with Crippen molar-refractivity contribution in [2.75, 3.05) is 18.1 Å². The highest BCUT2D eigenvalue weighted by Gasteiger charge is 2.31. The Labute approximate surface area is 108 Å². The van der Waals surface area contributed by atoms with E-state index in [0.717, 1.165) is 17.7 Å². The molecule has 1 saturated heterocycles. The molecular formula is C14H20N2O2. The number of hydrogen-bond donors (Lipinski definition) is 2. The molecule has 98 valence electrons. The minimum absolute atomic E-state index is 0.0941. The lowest BCUT2D eigenvalue weighted by Crippen LogP contribution is -2.49. The first kappa shape index (κ1) is 12.9. The third kappa shape index (κ3) is 2.48. The van der Waals surface area contributed by atoms with Gasteiger partial charge in [0.1, 0.15) is 6.04 Å². The summed E-state index contributed by atoms with van der Waals surface area (Å²) in [5, 5.41) is 12.4. The van der Waals surface area contributed by atoms with Gasteiger partial charge in [-0.3, -0.25) is 4.79 Å². The maximum absolute atomic E-state index is 11.9. The summed E-state index contributed by atoms with van der Waals surface area (Å²) in [5.41, 5.74) is 2.15. The molecule has 0 saturated carbocycles. The molecule has 0 aromatic heterocycles. The van der Waals surface area contributed by atoms with Crippen LogP contribution in [0.1, 0.15) is 18.9 Å². The number of nitrogens with zero attached hydrogens (tertiary/aromatic N) is 1. The van der Waals surface area contributed by atoms with Gasteiger partial charge in [0.25, 0.3) is 0 Å². The van der Waals surface area contributed by atoms with Crippen LogP contribution in [-0.2, 0) is 4.79 Å². The molecule has 1 aliphatic rings. The van der Waals surface area contributed by atoms with Gasteiger partial charge in [0, 0.05) is 18.3 Å². The second-order valence-electron chi connectivity index (χ2n) is 4.87. The molecule has 0 spiro atoms. The molecule has 2 rings (SSSR count). The number of carbonyl (C=O) groups excluding carboxylic acids is 1. The molecule has 1 aromatic rings. The van der Waals surface area contributed by atoms with Crippen molar-refractivity contribution in [1.82, 2.24) is 5.32 Å². The van der Waals surface area contributed by atoms with Crippen LogP contribution < -0.4 is 10.2 Å². The van der Waals surface area contributed by atoms with Crippen molar-refractivity contribution < 1.29 is 9.90 Å². The van der Waals surface area contributed by atoms with E-state index in [1.54, 1.807) is 0 Å². The highest BCUT2D eigenvalue weighted by Crippen LogP contribution is 2.24. The van der Waals surface area contributed by atoms with Crippen molar-refractivity contribution in [2.45, 2.75) is 32.4 Å². The van der Waals surface area contributed by atoms with Gasteiger partial charge in [0.05, 0.1) is 6.61 Å². The van der Waals surface area contributed by atoms with E-state index in [1.807, 2.05) is 30.0 Å². The molecule has 1 aliphatic heterocycles. The van der Waals surface area contributed by atoms with Gasteiger partial charge in [-0.2, -0.15) is 0 Å². The molecule has 4 nitrogen and oxygen atoms in total. The molecule has 2 unspecified atom stereocenters. The number of hydrogen-bond acceptors (Lipinski definition) is 3. The summed E-state index contributed by atoms with van der Waals surface area (Å²) in [6.07, 6.45) is 0.885. The Kier molecular flexibility index (Phi) is 3.87. The normalized spacial score (nSPS) is 24.6. The van der Waals surface area contributed by atoms with Gasteiger partial charge in [0.15, 0.2) is 0 Å². The van der Waals surface area contributed by atoms with Crippen LogP contribution in [0.3, 0.4) is 0 Å². The number of aliphatic hydroxyl groups excluding tert-OH is 1. The van der Waals surface area contributed by atoms with Crippen molar-refractivity contribution in [3.8, 4) is 0 Å². The number of nitrogens with one attached hydrogen (secondary N) is 1. The van der Waals surface area contributed by atoms with Gasteiger partial charge in [0.2, 0.25) is 5.91 Å². The van der Waals surface area contributed by atoms with E-state index in [2.05, 4.69) is 18.3 Å². The second-order valence-corrected chi connectivity index (χ2v) is 4.87. The maximum Gasteiger partial charge on any atom is 0.245 e. The Morgan fingerprint density at radius 1 is 1.50 bits per heavy atom. The van der Waals surface area contributed by atoms with E-state index in [-0.39, 0.29) is 18.6 Å². The molecule has 0 bridgehead atoms. The summed E-state index contributed by atoms with van der Waals surface area (Å²) in [4.78, 5) is 14.0. The van der Waals surface area contributed by atoms with Crippen molar-refractivity contribution in [3.63, 3.8) is 0 Å². The van der Waals surface area contributed by atoms with Crippen molar-refractivity contribution in [1.29, 1.82) is 0 Å². The zero-order valence-electron chi connectivity index (χ0n) is 10.9. The fourth-order valence-electron chi connectivity index (χ4n) is 2.49. The van der Waals surface area contributed by atoms with Gasteiger partial charge in [-0.1, -0.05) is 12.1 Å². The van der Waals surface area contributed by atoms with Crippen LogP contribution in [0.15, 0.2) is 24.3 Å². The van der Waals surface area contributed by atoms with Crippen LogP contribution in [-0.4, -0.2) is 36.2 Å². The molecular weight excluding hydrogens is 228 g/mol. The summed E-state index contributed by atoms with van der Waals surface area (Å²) in [7, 11) is 0. The average molecular weight is 248 g/mol. The van der Waals surface area contributed by atoms with Gasteiger partial charge in [-0.25, -0.2) is 0 Å². The number of amides is 1. The first-order valence-electron chi connectivity index (χ1n) is 6.37. The molecule has 18 heavy (non-hydrogen) atoms. The summed E-state index contributed by atoms with van der Waals surface area (Å²) < 4.78 is 0. The van der Waals surface area contributed by atoms with Gasteiger partial charge >= 0.3 is 0 Å². The Balaban J connectivity index is 2.38. The SMILES string of the molecule is Cc1cccc(N2C(C)CCNC(=O)C2CO)c1. The lowest BCUT2D eigenvalue weighted by molar-refractivity contribution is -0.122. The van der Waals surface area contributed by atoms with Crippen molar-refractivity contribution >= 4 is 11.6 Å². The van der Waals surface area contributed by atoms with Crippen molar-refractivity contribution in [3.05, 3.63) is 29.8 Å². The number of anilines is 1. The maximum atomic E-state index is 11.9. The number of aliphatic hydroxyl groups is 1. The molecule has 2 N–H and O–H groups in total. The molecule has 4 heteroatoms. The summed E-state index contributed by atoms with van der Waals surface area (Å²) >= 11 is 0. The fraction of sp³-hybridized carbons (Fsp3) is 0.500. The highest BCUT2D eigenvalue weighted by atomic mass is 16.3. The Hall–Kier alpha value is -1.55. The van der Waals surface area contributed by atoms with E-state index < -0.39 is 6.04 Å². The van der Waals surface area contributed by atoms with E-state index in [9.17, 15) is 9.90 Å². The molecule has 2 atom stereocenters. The zero-order valence-corrected chi connectivity index (χ0v) is 10.9. The van der Waals surface area contributed by atoms with Gasteiger partial charge in [-0.05, 0) is 38.0 Å². The number of rotatable bonds is 2. The zero-order chi connectivity index (χ0) is 13.1. The minimum Gasteiger partial charge on any atom is -0.394 e. The quantitative estimate of drug-likeness (QED) is 0.823. The lowest BCUT2D eigenvalue weighted by atomic mass is 10.1. The average Bonchev–Trinajstić information content (AvgIpc) is 2.48. The van der Waals surface area contributed by atoms with Crippen LogP contribution in [0.5, 0.6) is 0 Å². The molecule has 0 radical (unpaired) electrons. The highest BCUT2D eigenvalue weighted by molar-refractivity contribution is 5.86. The Morgan fingerprint density at radius 3 is 2.94 bits per heavy atom. The van der Waals surface area contributed by atoms with Crippen molar-refractivity contribution in [2.24, 2.45) is 0 Å². The van der Waals surface area contributed by atoms with Crippen LogP contribution in [0.4, 0.5) is 5.69 Å². The van der Waals surface area contributed by atoms with Crippen LogP contribution in [0.25, 0.3) is 0 Å². The summed E-state index contributed by atoms with van der Waals surface area (Å²) in [5.74, 6) is -0.0941. The monoisotopic (exact) mass is 248 g/mol. The lowest BCUT2D eigenvalue weighted by Gasteiger charge is -2.34. The molecule has 1 amide bonds. The third-order valence-corrected chi connectivity index (χ3v) is 3.45. The molecule has 1 aromatic carbocycles.